The van der Waals surface area contributed by atoms with Gasteiger partial charge in [0, 0.05) is 29.1 Å². The van der Waals surface area contributed by atoms with Crippen molar-refractivity contribution in [1.29, 1.82) is 0 Å². The zero-order valence-corrected chi connectivity index (χ0v) is 11.3. The van der Waals surface area contributed by atoms with Crippen LogP contribution in [0.5, 0.6) is 11.5 Å². The number of nitrogens with two attached hydrogens (primary N) is 1. The second-order valence-corrected chi connectivity index (χ2v) is 4.77. The van der Waals surface area contributed by atoms with E-state index in [1.165, 1.54) is 12.1 Å². The Bertz CT molecular complexity index is 770. The van der Waals surface area contributed by atoms with Gasteiger partial charge in [-0.1, -0.05) is 0 Å². The van der Waals surface area contributed by atoms with Crippen LogP contribution in [-0.2, 0) is 0 Å². The van der Waals surface area contributed by atoms with Crippen molar-refractivity contribution in [3.63, 3.8) is 0 Å². The van der Waals surface area contributed by atoms with E-state index < -0.39 is 24.2 Å². The molecule has 1 heterocycles. The van der Waals surface area contributed by atoms with Crippen LogP contribution in [0.4, 0.5) is 28.9 Å². The smallest absolute Gasteiger partial charge is 0.398 e. The van der Waals surface area contributed by atoms with Gasteiger partial charge in [0.25, 0.3) is 0 Å². The first kappa shape index (κ1) is 15.2. The van der Waals surface area contributed by atoms with Crippen molar-refractivity contribution in [3.05, 3.63) is 47.5 Å². The lowest BCUT2D eigenvalue weighted by Gasteiger charge is -2.17. The molecule has 1 unspecified atom stereocenters. The third-order valence-corrected chi connectivity index (χ3v) is 3.13. The van der Waals surface area contributed by atoms with Gasteiger partial charge < -0.3 is 25.6 Å². The Labute approximate surface area is 127 Å². The van der Waals surface area contributed by atoms with Crippen LogP contribution in [0.1, 0.15) is 11.8 Å². The molecule has 122 valence electrons. The van der Waals surface area contributed by atoms with Crippen LogP contribution in [0.3, 0.4) is 0 Å². The summed E-state index contributed by atoms with van der Waals surface area (Å²) in [5.41, 5.74) is 5.43. The van der Waals surface area contributed by atoms with Crippen molar-refractivity contribution in [3.8, 4) is 11.5 Å². The van der Waals surface area contributed by atoms with Gasteiger partial charge in [-0.2, -0.15) is 0 Å². The average Bonchev–Trinajstić information content (AvgIpc) is 2.75. The molecule has 0 aromatic heterocycles. The molecular weight excluding hydrogens is 320 g/mol. The van der Waals surface area contributed by atoms with Gasteiger partial charge in [0.1, 0.15) is 0 Å². The summed E-state index contributed by atoms with van der Waals surface area (Å²) in [6.07, 6.45) is -5.25. The summed E-state index contributed by atoms with van der Waals surface area (Å²) in [6.45, 7) is 0. The number of nitrogens with one attached hydrogen (secondary N) is 1. The molecule has 1 aliphatic rings. The summed E-state index contributed by atoms with van der Waals surface area (Å²) < 4.78 is 60.6. The number of fused-ring (bicyclic) bond motifs is 1. The van der Waals surface area contributed by atoms with Gasteiger partial charge in [0.2, 0.25) is 0 Å². The maximum atomic E-state index is 13.2. The third-order valence-electron chi connectivity index (χ3n) is 3.13. The number of ether oxygens (including phenoxy) is 2. The van der Waals surface area contributed by atoms with Crippen LogP contribution in [-0.4, -0.2) is 11.4 Å². The molecule has 4 N–H and O–H groups in total. The second-order valence-electron chi connectivity index (χ2n) is 4.77. The molecule has 3 rings (SSSR count). The first-order valence-electron chi connectivity index (χ1n) is 6.34. The van der Waals surface area contributed by atoms with E-state index in [2.05, 4.69) is 14.8 Å². The normalized spacial score (nSPS) is 16.2. The van der Waals surface area contributed by atoms with E-state index in [1.54, 1.807) is 0 Å². The number of hydrogen-bond acceptors (Lipinski definition) is 5. The monoisotopic (exact) mass is 330 g/mol. The number of aliphatic hydroxyl groups excluding tert-OH is 1. The number of aliphatic hydroxyl groups is 1. The minimum atomic E-state index is -3.76. The molecule has 1 atom stereocenters. The first-order valence-corrected chi connectivity index (χ1v) is 6.34. The van der Waals surface area contributed by atoms with E-state index in [-0.39, 0.29) is 28.4 Å². The van der Waals surface area contributed by atoms with Crippen molar-refractivity contribution >= 4 is 11.4 Å². The van der Waals surface area contributed by atoms with E-state index in [1.807, 2.05) is 0 Å². The van der Waals surface area contributed by atoms with Gasteiger partial charge in [0.05, 0.1) is 0 Å². The maximum absolute atomic E-state index is 13.2. The minimum Gasteiger partial charge on any atom is -0.398 e. The Hall–Kier alpha value is -2.68. The summed E-state index contributed by atoms with van der Waals surface area (Å²) in [5.74, 6) is -2.73. The largest absolute Gasteiger partial charge is 0.586 e. The number of halogens is 4. The summed E-state index contributed by atoms with van der Waals surface area (Å²) in [5, 5.41) is 12.5. The van der Waals surface area contributed by atoms with Gasteiger partial charge in [-0.25, -0.2) is 8.78 Å². The predicted octanol–water partition coefficient (Wildman–Crippen LogP) is 2.97. The van der Waals surface area contributed by atoms with Crippen molar-refractivity contribution in [2.75, 3.05) is 11.1 Å². The standard InChI is InChI=1S/C14H10F4N2O3/c15-8-4-7(10(19)5-9(8)16)13(21)20-6-1-2-11-12(3-6)23-14(17,18)22-11/h1-5,13,20-21H,19H2. The van der Waals surface area contributed by atoms with Gasteiger partial charge in [-0.15, -0.1) is 8.78 Å². The fraction of sp³-hybridized carbons (Fsp3) is 0.143. The van der Waals surface area contributed by atoms with Crippen molar-refractivity contribution in [2.45, 2.75) is 12.5 Å². The van der Waals surface area contributed by atoms with Crippen LogP contribution in [0.15, 0.2) is 30.3 Å². The molecular formula is C14H10F4N2O3. The number of benzene rings is 2. The highest BCUT2D eigenvalue weighted by Gasteiger charge is 2.43. The molecule has 1 aliphatic heterocycles. The van der Waals surface area contributed by atoms with Crippen LogP contribution >= 0.6 is 0 Å². The van der Waals surface area contributed by atoms with E-state index in [0.717, 1.165) is 18.2 Å². The number of nitrogen functional groups attached to an aromatic ring is 1. The van der Waals surface area contributed by atoms with Crippen molar-refractivity contribution in [2.24, 2.45) is 0 Å². The lowest BCUT2D eigenvalue weighted by Crippen LogP contribution is -2.25. The molecule has 0 amide bonds. The molecule has 0 spiro atoms. The topological polar surface area (TPSA) is 76.7 Å². The molecule has 0 saturated heterocycles. The van der Waals surface area contributed by atoms with Gasteiger partial charge >= 0.3 is 6.29 Å². The van der Waals surface area contributed by atoms with E-state index in [9.17, 15) is 22.7 Å². The summed E-state index contributed by atoms with van der Waals surface area (Å²) >= 11 is 0. The van der Waals surface area contributed by atoms with Crippen LogP contribution in [0.2, 0.25) is 0 Å². The van der Waals surface area contributed by atoms with E-state index in [0.29, 0.717) is 0 Å². The van der Waals surface area contributed by atoms with E-state index in [4.69, 9.17) is 5.73 Å². The number of anilines is 2. The number of alkyl halides is 2. The van der Waals surface area contributed by atoms with Crippen molar-refractivity contribution in [1.82, 2.24) is 0 Å². The second kappa shape index (κ2) is 5.20. The highest BCUT2D eigenvalue weighted by molar-refractivity contribution is 5.58. The Balaban J connectivity index is 1.82. The summed E-state index contributed by atoms with van der Waals surface area (Å²) in [4.78, 5) is 0. The lowest BCUT2D eigenvalue weighted by atomic mass is 10.1. The van der Waals surface area contributed by atoms with Gasteiger partial charge in [-0.05, 0) is 18.2 Å². The van der Waals surface area contributed by atoms with Gasteiger partial charge in [-0.3, -0.25) is 0 Å². The molecule has 9 heteroatoms. The molecule has 2 aromatic rings. The Morgan fingerprint density at radius 1 is 1.04 bits per heavy atom. The average molecular weight is 330 g/mol. The summed E-state index contributed by atoms with van der Waals surface area (Å²) in [6, 6.07) is 5.18. The Morgan fingerprint density at radius 2 is 1.70 bits per heavy atom. The molecule has 0 fully saturated rings. The van der Waals surface area contributed by atoms with Crippen LogP contribution in [0, 0.1) is 11.6 Å². The molecule has 0 aliphatic carbocycles. The number of hydrogen-bond donors (Lipinski definition) is 3. The highest BCUT2D eigenvalue weighted by Crippen LogP contribution is 2.42. The Morgan fingerprint density at radius 3 is 2.43 bits per heavy atom. The fourth-order valence-electron chi connectivity index (χ4n) is 2.09. The maximum Gasteiger partial charge on any atom is 0.586 e. The third kappa shape index (κ3) is 2.95. The number of rotatable bonds is 3. The molecule has 0 saturated carbocycles. The Kier molecular flexibility index (Phi) is 3.44. The quantitative estimate of drug-likeness (QED) is 0.458. The van der Waals surface area contributed by atoms with Crippen LogP contribution < -0.4 is 20.5 Å². The summed E-state index contributed by atoms with van der Waals surface area (Å²) in [7, 11) is 0. The molecule has 23 heavy (non-hydrogen) atoms. The molecule has 2 aromatic carbocycles. The van der Waals surface area contributed by atoms with E-state index >= 15 is 0 Å². The molecule has 5 nitrogen and oxygen atoms in total. The zero-order chi connectivity index (χ0) is 16.8. The molecule has 0 bridgehead atoms. The molecule has 0 radical (unpaired) electrons. The minimum absolute atomic E-state index is 0.105. The van der Waals surface area contributed by atoms with Crippen molar-refractivity contribution < 1.29 is 32.1 Å². The fourth-order valence-corrected chi connectivity index (χ4v) is 2.09. The SMILES string of the molecule is Nc1cc(F)c(F)cc1C(O)Nc1ccc2c(c1)OC(F)(F)O2. The van der Waals surface area contributed by atoms with Crippen LogP contribution in [0.25, 0.3) is 0 Å². The predicted molar refractivity (Wildman–Crippen MR) is 72.0 cm³/mol. The highest BCUT2D eigenvalue weighted by atomic mass is 19.3. The van der Waals surface area contributed by atoms with Gasteiger partial charge in [0.15, 0.2) is 29.4 Å². The zero-order valence-electron chi connectivity index (χ0n) is 11.3. The lowest BCUT2D eigenvalue weighted by molar-refractivity contribution is -0.286. The first-order chi connectivity index (χ1) is 10.7.